The molecule has 0 radical (unpaired) electrons. The minimum Gasteiger partial charge on any atom is -0.0689 e. The summed E-state index contributed by atoms with van der Waals surface area (Å²) in [4.78, 5) is 0. The fraction of sp³-hybridized carbons (Fsp3) is 0.838. The van der Waals surface area contributed by atoms with Gasteiger partial charge in [-0.05, 0) is 133 Å². The maximum absolute atomic E-state index is 2.95. The third-order valence-electron chi connectivity index (χ3n) is 14.8. The van der Waals surface area contributed by atoms with Gasteiger partial charge in [-0.2, -0.15) is 0 Å². The molecule has 7 rings (SSSR count). The van der Waals surface area contributed by atoms with Crippen LogP contribution in [0, 0.1) is 59.2 Å². The minimum atomic E-state index is -1.37. The Labute approximate surface area is 236 Å². The van der Waals surface area contributed by atoms with Crippen LogP contribution in [-0.4, -0.2) is 8.07 Å². The van der Waals surface area contributed by atoms with Crippen LogP contribution in [0.4, 0.5) is 0 Å². The van der Waals surface area contributed by atoms with Crippen LogP contribution in [0.1, 0.15) is 115 Å². The van der Waals surface area contributed by atoms with Gasteiger partial charge in [0.2, 0.25) is 0 Å². The summed E-state index contributed by atoms with van der Waals surface area (Å²) < 4.78 is 0. The van der Waals surface area contributed by atoms with E-state index in [-0.39, 0.29) is 0 Å². The van der Waals surface area contributed by atoms with E-state index < -0.39 is 8.07 Å². The fourth-order valence-electron chi connectivity index (χ4n) is 13.2. The maximum Gasteiger partial charge on any atom is 0.0541 e. The van der Waals surface area contributed by atoms with Crippen LogP contribution in [-0.2, 0) is 0 Å². The van der Waals surface area contributed by atoms with E-state index in [0.717, 1.165) is 76.2 Å². The van der Waals surface area contributed by atoms with Crippen LogP contribution in [0.15, 0.2) is 30.3 Å². The molecule has 0 spiro atoms. The van der Waals surface area contributed by atoms with Crippen LogP contribution in [0.3, 0.4) is 0 Å². The van der Waals surface area contributed by atoms with Gasteiger partial charge in [0, 0.05) is 0 Å². The second-order valence-corrected chi connectivity index (χ2v) is 21.7. The van der Waals surface area contributed by atoms with Crippen molar-refractivity contribution in [3.8, 4) is 0 Å². The van der Waals surface area contributed by atoms with Gasteiger partial charge in [0.05, 0.1) is 8.07 Å². The van der Waals surface area contributed by atoms with Gasteiger partial charge < -0.3 is 0 Å². The van der Waals surface area contributed by atoms with Crippen molar-refractivity contribution in [2.24, 2.45) is 59.2 Å². The molecule has 0 aliphatic heterocycles. The maximum atomic E-state index is 2.95. The normalized spacial score (nSPS) is 47.2. The Morgan fingerprint density at radius 1 is 0.684 bits per heavy atom. The monoisotopic (exact) mass is 530 g/mol. The van der Waals surface area contributed by atoms with Gasteiger partial charge in [0.1, 0.15) is 0 Å². The van der Waals surface area contributed by atoms with Gasteiger partial charge in [-0.15, -0.1) is 0 Å². The first-order valence-electron chi connectivity index (χ1n) is 17.5. The van der Waals surface area contributed by atoms with Crippen molar-refractivity contribution in [2.75, 3.05) is 0 Å². The SMILES string of the molecule is CC(CC1CC([Si](C)(C)C2CC(C)C3C4CCCCC4CCC32)C2CC3CCCC3CC12)c1ccccc1. The van der Waals surface area contributed by atoms with Gasteiger partial charge in [0.25, 0.3) is 0 Å². The van der Waals surface area contributed by atoms with Gasteiger partial charge in [-0.1, -0.05) is 95.8 Å². The molecule has 0 heterocycles. The van der Waals surface area contributed by atoms with Gasteiger partial charge in [-0.3, -0.25) is 0 Å². The zero-order chi connectivity index (χ0) is 26.0. The molecule has 6 fully saturated rings. The lowest BCUT2D eigenvalue weighted by Crippen LogP contribution is -2.46. The van der Waals surface area contributed by atoms with E-state index in [1.807, 2.05) is 0 Å². The predicted octanol–water partition coefficient (Wildman–Crippen LogP) is 11.0. The average molecular weight is 531 g/mol. The van der Waals surface area contributed by atoms with Gasteiger partial charge in [-0.25, -0.2) is 0 Å². The van der Waals surface area contributed by atoms with E-state index in [9.17, 15) is 0 Å². The van der Waals surface area contributed by atoms with E-state index in [1.54, 1.807) is 76.2 Å². The molecule has 1 aromatic carbocycles. The lowest BCUT2D eigenvalue weighted by Gasteiger charge is -2.49. The highest BCUT2D eigenvalue weighted by Crippen LogP contribution is 2.68. The van der Waals surface area contributed by atoms with Crippen molar-refractivity contribution in [2.45, 2.75) is 134 Å². The molecule has 0 nitrogen and oxygen atoms in total. The Bertz CT molecular complexity index is 951. The molecule has 13 unspecified atom stereocenters. The summed E-state index contributed by atoms with van der Waals surface area (Å²) in [6.45, 7) is 11.2. The Kier molecular flexibility index (Phi) is 7.19. The molecule has 6 aliphatic carbocycles. The first kappa shape index (κ1) is 26.3. The molecule has 0 N–H and O–H groups in total. The number of rotatable bonds is 5. The first-order valence-corrected chi connectivity index (χ1v) is 20.6. The molecule has 6 saturated carbocycles. The second kappa shape index (κ2) is 10.4. The summed E-state index contributed by atoms with van der Waals surface area (Å²) in [5, 5.41) is 0. The Morgan fingerprint density at radius 2 is 1.37 bits per heavy atom. The lowest BCUT2D eigenvalue weighted by atomic mass is 9.61. The molecule has 1 heteroatoms. The predicted molar refractivity (Wildman–Crippen MR) is 165 cm³/mol. The largest absolute Gasteiger partial charge is 0.0689 e. The summed E-state index contributed by atoms with van der Waals surface area (Å²) in [6, 6.07) is 11.5. The molecular weight excluding hydrogens is 472 g/mol. The summed E-state index contributed by atoms with van der Waals surface area (Å²) in [6.07, 6.45) is 22.0. The molecule has 0 amide bonds. The standard InChI is InChI=1S/C37H58Si/c1-24(26-11-6-5-7-12-26)19-30-23-36(34-22-29-15-10-14-28(29)21-33(30)34)38(3,4)35-20-25(2)37-31-16-9-8-13-27(31)17-18-32(35)37/h5-7,11-12,24-25,27-37H,8-10,13-23H2,1-4H3. The Balaban J connectivity index is 1.15. The van der Waals surface area contributed by atoms with E-state index in [4.69, 9.17) is 0 Å². The van der Waals surface area contributed by atoms with Crippen molar-refractivity contribution < 1.29 is 0 Å². The second-order valence-electron chi connectivity index (χ2n) is 16.6. The van der Waals surface area contributed by atoms with Crippen LogP contribution >= 0.6 is 0 Å². The van der Waals surface area contributed by atoms with Crippen molar-refractivity contribution in [3.05, 3.63) is 35.9 Å². The number of hydrogen-bond acceptors (Lipinski definition) is 0. The van der Waals surface area contributed by atoms with Crippen LogP contribution in [0.5, 0.6) is 0 Å². The van der Waals surface area contributed by atoms with Crippen LogP contribution in [0.2, 0.25) is 24.2 Å². The van der Waals surface area contributed by atoms with Gasteiger partial charge >= 0.3 is 0 Å². The number of fused-ring (bicyclic) bond motifs is 5. The van der Waals surface area contributed by atoms with E-state index in [0.29, 0.717) is 0 Å². The first-order chi connectivity index (χ1) is 18.4. The fourth-order valence-corrected chi connectivity index (χ4v) is 18.6. The molecule has 210 valence electrons. The summed E-state index contributed by atoms with van der Waals surface area (Å²) in [5.41, 5.74) is 3.83. The topological polar surface area (TPSA) is 0 Å². The summed E-state index contributed by atoms with van der Waals surface area (Å²) in [5.74, 6) is 11.5. The lowest BCUT2D eigenvalue weighted by molar-refractivity contribution is 0.0519. The summed E-state index contributed by atoms with van der Waals surface area (Å²) in [7, 11) is -1.37. The molecular formula is C37H58Si. The van der Waals surface area contributed by atoms with E-state index in [1.165, 1.54) is 19.3 Å². The molecule has 13 atom stereocenters. The van der Waals surface area contributed by atoms with Crippen molar-refractivity contribution in [1.29, 1.82) is 0 Å². The zero-order valence-electron chi connectivity index (χ0n) is 25.3. The van der Waals surface area contributed by atoms with Crippen LogP contribution in [0.25, 0.3) is 0 Å². The smallest absolute Gasteiger partial charge is 0.0541 e. The Morgan fingerprint density at radius 3 is 2.16 bits per heavy atom. The Hall–Kier alpha value is -0.563. The molecule has 0 saturated heterocycles. The van der Waals surface area contributed by atoms with Crippen LogP contribution < -0.4 is 0 Å². The molecule has 0 aromatic heterocycles. The third-order valence-corrected chi connectivity index (χ3v) is 19.9. The molecule has 38 heavy (non-hydrogen) atoms. The number of benzene rings is 1. The average Bonchev–Trinajstić information content (AvgIpc) is 3.64. The van der Waals surface area contributed by atoms with Crippen molar-refractivity contribution in [1.82, 2.24) is 0 Å². The summed E-state index contributed by atoms with van der Waals surface area (Å²) >= 11 is 0. The van der Waals surface area contributed by atoms with Gasteiger partial charge in [0.15, 0.2) is 0 Å². The minimum absolute atomic E-state index is 0.726. The quantitative estimate of drug-likeness (QED) is 0.332. The zero-order valence-corrected chi connectivity index (χ0v) is 26.3. The molecule has 0 bridgehead atoms. The highest BCUT2D eigenvalue weighted by atomic mass is 28.3. The highest BCUT2D eigenvalue weighted by Gasteiger charge is 2.60. The highest BCUT2D eigenvalue weighted by molar-refractivity contribution is 6.80. The molecule has 1 aromatic rings. The molecule has 6 aliphatic rings. The van der Waals surface area contributed by atoms with Crippen molar-refractivity contribution >= 4 is 8.07 Å². The number of hydrogen-bond donors (Lipinski definition) is 0. The third kappa shape index (κ3) is 4.43. The van der Waals surface area contributed by atoms with E-state index >= 15 is 0 Å². The van der Waals surface area contributed by atoms with E-state index in [2.05, 4.69) is 57.3 Å². The van der Waals surface area contributed by atoms with Crippen molar-refractivity contribution in [3.63, 3.8) is 0 Å².